The highest BCUT2D eigenvalue weighted by Crippen LogP contribution is 2.33. The number of fused-ring (bicyclic) bond motifs is 2. The van der Waals surface area contributed by atoms with Gasteiger partial charge >= 0.3 is 6.18 Å². The summed E-state index contributed by atoms with van der Waals surface area (Å²) in [6, 6.07) is 6.92. The number of hydrogen-bond acceptors (Lipinski definition) is 6. The van der Waals surface area contributed by atoms with Crippen LogP contribution in [0.5, 0.6) is 5.75 Å². The molecule has 38 heavy (non-hydrogen) atoms. The van der Waals surface area contributed by atoms with E-state index in [1.807, 2.05) is 4.90 Å². The minimum atomic E-state index is -4.59. The van der Waals surface area contributed by atoms with Crippen molar-refractivity contribution in [3.05, 3.63) is 76.1 Å². The largest absolute Gasteiger partial charge is 0.488 e. The molecule has 0 saturated carbocycles. The maximum absolute atomic E-state index is 14.9. The fourth-order valence-electron chi connectivity index (χ4n) is 4.97. The highest BCUT2D eigenvalue weighted by molar-refractivity contribution is 5.93. The van der Waals surface area contributed by atoms with Crippen LogP contribution in [0.2, 0.25) is 0 Å². The van der Waals surface area contributed by atoms with Gasteiger partial charge in [0.25, 0.3) is 5.56 Å². The van der Waals surface area contributed by atoms with Gasteiger partial charge in [0.15, 0.2) is 0 Å². The van der Waals surface area contributed by atoms with E-state index < -0.39 is 29.6 Å². The van der Waals surface area contributed by atoms with Crippen molar-refractivity contribution in [1.82, 2.24) is 19.5 Å². The zero-order valence-corrected chi connectivity index (χ0v) is 19.8. The molecule has 5 heterocycles. The number of alkyl halides is 3. The second-order valence-electron chi connectivity index (χ2n) is 9.29. The number of rotatable bonds is 4. The van der Waals surface area contributed by atoms with E-state index in [4.69, 9.17) is 4.74 Å². The van der Waals surface area contributed by atoms with Gasteiger partial charge in [-0.05, 0) is 30.7 Å². The van der Waals surface area contributed by atoms with Gasteiger partial charge in [-0.1, -0.05) is 0 Å². The third-order valence-corrected chi connectivity index (χ3v) is 6.77. The number of pyridine rings is 2. The summed E-state index contributed by atoms with van der Waals surface area (Å²) in [7, 11) is 0. The lowest BCUT2D eigenvalue weighted by molar-refractivity contribution is -0.141. The quantitative estimate of drug-likeness (QED) is 0.355. The van der Waals surface area contributed by atoms with E-state index in [2.05, 4.69) is 15.0 Å². The molecule has 0 N–H and O–H groups in total. The molecule has 2 aliphatic heterocycles. The summed E-state index contributed by atoms with van der Waals surface area (Å²) in [6.45, 7) is 1.24. The van der Waals surface area contributed by atoms with Crippen molar-refractivity contribution in [2.45, 2.75) is 38.1 Å². The van der Waals surface area contributed by atoms with E-state index >= 15 is 0 Å². The molecule has 1 aromatic carbocycles. The Morgan fingerprint density at radius 3 is 2.66 bits per heavy atom. The second kappa shape index (κ2) is 9.03. The maximum Gasteiger partial charge on any atom is 0.433 e. The Kier molecular flexibility index (Phi) is 5.77. The normalized spacial score (nSPS) is 17.3. The first-order chi connectivity index (χ1) is 18.2. The molecule has 2 aliphatic rings. The number of aromatic nitrogens is 4. The summed E-state index contributed by atoms with van der Waals surface area (Å²) in [5.74, 6) is -0.585. The summed E-state index contributed by atoms with van der Waals surface area (Å²) < 4.78 is 74.9. The average molecular weight is 529 g/mol. The van der Waals surface area contributed by atoms with Gasteiger partial charge in [0, 0.05) is 49.8 Å². The van der Waals surface area contributed by atoms with Gasteiger partial charge in [-0.2, -0.15) is 13.2 Å². The predicted octanol–water partition coefficient (Wildman–Crippen LogP) is 4.75. The van der Waals surface area contributed by atoms with Gasteiger partial charge in [0.05, 0.1) is 11.9 Å². The molecule has 0 spiro atoms. The van der Waals surface area contributed by atoms with Crippen LogP contribution < -0.4 is 15.2 Å². The molecule has 7 nitrogen and oxygen atoms in total. The summed E-state index contributed by atoms with van der Waals surface area (Å²) in [5, 5.41) is 0.257. The third kappa shape index (κ3) is 4.33. The van der Waals surface area contributed by atoms with Crippen molar-refractivity contribution in [2.24, 2.45) is 0 Å². The fraction of sp³-hybridized carbons (Fsp3) is 0.308. The van der Waals surface area contributed by atoms with Crippen molar-refractivity contribution in [3.8, 4) is 17.0 Å². The van der Waals surface area contributed by atoms with E-state index in [0.29, 0.717) is 37.6 Å². The molecule has 1 atom stereocenters. The first-order valence-corrected chi connectivity index (χ1v) is 12.0. The van der Waals surface area contributed by atoms with Crippen LogP contribution in [0.1, 0.15) is 24.4 Å². The number of aryl methyl sites for hydroxylation is 1. The van der Waals surface area contributed by atoms with Crippen LogP contribution >= 0.6 is 0 Å². The van der Waals surface area contributed by atoms with Crippen LogP contribution in [-0.2, 0) is 19.1 Å². The van der Waals surface area contributed by atoms with Crippen LogP contribution in [0.25, 0.3) is 22.2 Å². The van der Waals surface area contributed by atoms with Gasteiger partial charge in [0.2, 0.25) is 0 Å². The molecule has 4 aromatic rings. The summed E-state index contributed by atoms with van der Waals surface area (Å²) >= 11 is 0. The highest BCUT2D eigenvalue weighted by Gasteiger charge is 2.33. The topological polar surface area (TPSA) is 73.1 Å². The molecule has 0 unspecified atom stereocenters. The molecule has 1 fully saturated rings. The molecule has 1 saturated heterocycles. The van der Waals surface area contributed by atoms with Crippen molar-refractivity contribution >= 4 is 16.7 Å². The third-order valence-electron chi connectivity index (χ3n) is 6.77. The van der Waals surface area contributed by atoms with Crippen molar-refractivity contribution in [1.29, 1.82) is 0 Å². The van der Waals surface area contributed by atoms with Crippen molar-refractivity contribution < 1.29 is 26.7 Å². The van der Waals surface area contributed by atoms with Gasteiger partial charge in [-0.25, -0.2) is 18.7 Å². The molecular weight excluding hydrogens is 509 g/mol. The fourth-order valence-corrected chi connectivity index (χ4v) is 4.97. The van der Waals surface area contributed by atoms with Gasteiger partial charge in [0.1, 0.15) is 52.0 Å². The Morgan fingerprint density at radius 1 is 1.03 bits per heavy atom. The Balaban J connectivity index is 1.37. The SMILES string of the molecule is O=c1c2cc(N3CC[C@@H](Oc4ccnc(C(F)(F)F)c4)C3)nc(-c3ccc(F)cc3F)c2nc2n1CCC2. The molecule has 0 bridgehead atoms. The van der Waals surface area contributed by atoms with E-state index in [-0.39, 0.29) is 40.0 Å². The van der Waals surface area contributed by atoms with Crippen LogP contribution in [0.3, 0.4) is 0 Å². The maximum atomic E-state index is 14.9. The molecule has 0 radical (unpaired) electrons. The first-order valence-electron chi connectivity index (χ1n) is 12.0. The summed E-state index contributed by atoms with van der Waals surface area (Å²) in [6.07, 6.45) is -2.17. The Morgan fingerprint density at radius 2 is 1.87 bits per heavy atom. The minimum Gasteiger partial charge on any atom is -0.488 e. The molecule has 0 aliphatic carbocycles. The summed E-state index contributed by atoms with van der Waals surface area (Å²) in [5.41, 5.74) is -0.945. The number of nitrogens with zero attached hydrogens (tertiary/aromatic N) is 5. The van der Waals surface area contributed by atoms with E-state index in [1.165, 1.54) is 12.1 Å². The number of benzene rings is 1. The van der Waals surface area contributed by atoms with Gasteiger partial charge < -0.3 is 9.64 Å². The molecule has 12 heteroatoms. The Labute approximate surface area is 212 Å². The molecule has 196 valence electrons. The predicted molar refractivity (Wildman–Crippen MR) is 128 cm³/mol. The van der Waals surface area contributed by atoms with Gasteiger partial charge in [-0.15, -0.1) is 0 Å². The molecule has 3 aromatic heterocycles. The molecular formula is C26H20F5N5O2. The van der Waals surface area contributed by atoms with E-state index in [0.717, 1.165) is 30.8 Å². The molecule has 0 amide bonds. The molecule has 6 rings (SSSR count). The van der Waals surface area contributed by atoms with Gasteiger partial charge in [-0.3, -0.25) is 14.3 Å². The van der Waals surface area contributed by atoms with Crippen LogP contribution in [0, 0.1) is 11.6 Å². The first kappa shape index (κ1) is 24.3. The number of ether oxygens (including phenoxy) is 1. The van der Waals surface area contributed by atoms with Crippen molar-refractivity contribution in [2.75, 3.05) is 18.0 Å². The number of anilines is 1. The zero-order chi connectivity index (χ0) is 26.6. The van der Waals surface area contributed by atoms with Crippen LogP contribution in [0.15, 0.2) is 47.4 Å². The standard InChI is InChI=1S/C26H20F5N5O2/c27-14-3-4-17(19(28)10-14)23-24-18(25(37)36-8-1-2-21(36)33-24)12-22(34-23)35-9-6-16(13-35)38-15-5-7-32-20(11-15)26(29,30)31/h3-5,7,10-12,16H,1-2,6,8-9,13H2/t16-/m1/s1. The smallest absolute Gasteiger partial charge is 0.433 e. The minimum absolute atomic E-state index is 0.0107. The zero-order valence-electron chi connectivity index (χ0n) is 19.8. The second-order valence-corrected chi connectivity index (χ2v) is 9.29. The summed E-state index contributed by atoms with van der Waals surface area (Å²) in [4.78, 5) is 27.7. The number of halogens is 5. The average Bonchev–Trinajstić information content (AvgIpc) is 3.54. The Hall–Kier alpha value is -4.09. The lowest BCUT2D eigenvalue weighted by atomic mass is 10.1. The Bertz CT molecular complexity index is 1620. The highest BCUT2D eigenvalue weighted by atomic mass is 19.4. The van der Waals surface area contributed by atoms with E-state index in [9.17, 15) is 26.7 Å². The van der Waals surface area contributed by atoms with Crippen LogP contribution in [-0.4, -0.2) is 38.7 Å². The number of hydrogen-bond donors (Lipinski definition) is 0. The monoisotopic (exact) mass is 529 g/mol. The lowest BCUT2D eigenvalue weighted by Crippen LogP contribution is -2.26. The van der Waals surface area contributed by atoms with Crippen molar-refractivity contribution in [3.63, 3.8) is 0 Å². The van der Waals surface area contributed by atoms with E-state index in [1.54, 1.807) is 10.6 Å². The lowest BCUT2D eigenvalue weighted by Gasteiger charge is -2.20. The van der Waals surface area contributed by atoms with Crippen LogP contribution in [0.4, 0.5) is 27.8 Å².